The highest BCUT2D eigenvalue weighted by atomic mass is 19.4. The Balaban J connectivity index is 1.34. The summed E-state index contributed by atoms with van der Waals surface area (Å²) in [6.45, 7) is -0.263. The molecule has 4 rings (SSSR count). The molecule has 8 heteroatoms. The number of carbonyl (C=O) groups is 3. The number of esters is 1. The summed E-state index contributed by atoms with van der Waals surface area (Å²) in [6, 6.07) is 15.0. The van der Waals surface area contributed by atoms with E-state index in [-0.39, 0.29) is 31.6 Å². The van der Waals surface area contributed by atoms with E-state index in [2.05, 4.69) is 0 Å². The van der Waals surface area contributed by atoms with Crippen LogP contribution in [0, 0.1) is 0 Å². The molecule has 164 valence electrons. The van der Waals surface area contributed by atoms with Crippen LogP contribution >= 0.6 is 0 Å². The van der Waals surface area contributed by atoms with E-state index in [1.165, 1.54) is 12.1 Å². The van der Waals surface area contributed by atoms with E-state index in [0.29, 0.717) is 16.5 Å². The number of alkyl halides is 3. The maximum atomic E-state index is 12.8. The monoisotopic (exact) mass is 441 g/mol. The number of halogens is 3. The van der Waals surface area contributed by atoms with Crippen molar-refractivity contribution < 1.29 is 32.3 Å². The first-order chi connectivity index (χ1) is 15.3. The van der Waals surface area contributed by atoms with Crippen molar-refractivity contribution >= 4 is 28.6 Å². The van der Waals surface area contributed by atoms with Gasteiger partial charge in [-0.15, -0.1) is 0 Å². The minimum atomic E-state index is -4.48. The van der Waals surface area contributed by atoms with Gasteiger partial charge in [-0.3, -0.25) is 19.3 Å². The van der Waals surface area contributed by atoms with Gasteiger partial charge >= 0.3 is 12.1 Å². The van der Waals surface area contributed by atoms with Gasteiger partial charge in [0.15, 0.2) is 0 Å². The minimum absolute atomic E-state index is 0.0288. The molecule has 0 aliphatic carbocycles. The predicted octanol–water partition coefficient (Wildman–Crippen LogP) is 4.98. The van der Waals surface area contributed by atoms with Crippen molar-refractivity contribution in [3.8, 4) is 0 Å². The van der Waals surface area contributed by atoms with E-state index in [1.807, 2.05) is 12.1 Å². The standard InChI is InChI=1S/C24H18F3NO4/c25-24(26,27)17-8-1-5-15(13-17)14-32-20(29)11-4-12-28-22(30)18-9-2-6-16-7-3-10-19(21(16)18)23(28)31/h1-3,5-10,13H,4,11-12,14H2. The SMILES string of the molecule is O=C(CCCN1C(=O)c2cccc3cccc(c23)C1=O)OCc1cccc(C(F)(F)F)c1. The first-order valence-corrected chi connectivity index (χ1v) is 9.95. The Labute approximate surface area is 181 Å². The number of amides is 2. The number of carbonyl (C=O) groups excluding carboxylic acids is 3. The predicted molar refractivity (Wildman–Crippen MR) is 110 cm³/mol. The van der Waals surface area contributed by atoms with E-state index in [1.54, 1.807) is 24.3 Å². The number of imide groups is 1. The Morgan fingerprint density at radius 2 is 1.53 bits per heavy atom. The number of nitrogens with zero attached hydrogens (tertiary/aromatic N) is 1. The molecule has 5 nitrogen and oxygen atoms in total. The van der Waals surface area contributed by atoms with Crippen LogP contribution in [0.25, 0.3) is 10.8 Å². The molecule has 1 aliphatic rings. The van der Waals surface area contributed by atoms with E-state index in [0.717, 1.165) is 22.4 Å². The lowest BCUT2D eigenvalue weighted by Gasteiger charge is -2.27. The average molecular weight is 441 g/mol. The topological polar surface area (TPSA) is 63.7 Å². The van der Waals surface area contributed by atoms with Gasteiger partial charge in [0.25, 0.3) is 11.8 Å². The van der Waals surface area contributed by atoms with Crippen molar-refractivity contribution in [2.24, 2.45) is 0 Å². The largest absolute Gasteiger partial charge is 0.461 e. The number of ether oxygens (including phenoxy) is 1. The van der Waals surface area contributed by atoms with Gasteiger partial charge in [0, 0.05) is 29.5 Å². The zero-order valence-corrected chi connectivity index (χ0v) is 16.8. The Bertz CT molecular complexity index is 1170. The van der Waals surface area contributed by atoms with Crippen LogP contribution in [0.1, 0.15) is 44.7 Å². The van der Waals surface area contributed by atoms with Crippen LogP contribution in [-0.2, 0) is 22.3 Å². The molecule has 0 N–H and O–H groups in total. The normalized spacial score (nSPS) is 13.5. The molecule has 3 aromatic rings. The molecule has 0 unspecified atom stereocenters. The number of hydrogen-bond acceptors (Lipinski definition) is 4. The van der Waals surface area contributed by atoms with Crippen molar-refractivity contribution in [1.29, 1.82) is 0 Å². The molecular formula is C24H18F3NO4. The molecule has 0 spiro atoms. The van der Waals surface area contributed by atoms with Crippen LogP contribution in [-0.4, -0.2) is 29.2 Å². The molecule has 1 aliphatic heterocycles. The molecule has 2 amide bonds. The summed E-state index contributed by atoms with van der Waals surface area (Å²) in [6.07, 6.45) is -4.38. The molecule has 0 aromatic heterocycles. The van der Waals surface area contributed by atoms with Crippen LogP contribution < -0.4 is 0 Å². The number of benzene rings is 3. The lowest BCUT2D eigenvalue weighted by molar-refractivity contribution is -0.145. The van der Waals surface area contributed by atoms with Crippen LogP contribution in [0.15, 0.2) is 60.7 Å². The first kappa shape index (κ1) is 21.5. The quantitative estimate of drug-likeness (QED) is 0.400. The van der Waals surface area contributed by atoms with Gasteiger partial charge in [-0.25, -0.2) is 0 Å². The molecule has 0 atom stereocenters. The fourth-order valence-electron chi connectivity index (χ4n) is 3.74. The van der Waals surface area contributed by atoms with Crippen LogP contribution in [0.2, 0.25) is 0 Å². The van der Waals surface area contributed by atoms with Crippen LogP contribution in [0.5, 0.6) is 0 Å². The maximum Gasteiger partial charge on any atom is 0.416 e. The van der Waals surface area contributed by atoms with Gasteiger partial charge < -0.3 is 4.74 Å². The van der Waals surface area contributed by atoms with Gasteiger partial charge in [-0.1, -0.05) is 36.4 Å². The first-order valence-electron chi connectivity index (χ1n) is 9.95. The smallest absolute Gasteiger partial charge is 0.416 e. The van der Waals surface area contributed by atoms with Crippen molar-refractivity contribution in [3.63, 3.8) is 0 Å². The Hall–Kier alpha value is -3.68. The Kier molecular flexibility index (Phi) is 5.69. The second-order valence-corrected chi connectivity index (χ2v) is 7.43. The molecule has 0 bridgehead atoms. The molecule has 0 saturated carbocycles. The summed E-state index contributed by atoms with van der Waals surface area (Å²) in [4.78, 5) is 38.8. The lowest BCUT2D eigenvalue weighted by Crippen LogP contribution is -2.41. The number of rotatable bonds is 6. The van der Waals surface area contributed by atoms with Gasteiger partial charge in [-0.2, -0.15) is 13.2 Å². The third kappa shape index (κ3) is 4.21. The van der Waals surface area contributed by atoms with E-state index < -0.39 is 29.5 Å². The van der Waals surface area contributed by atoms with Crippen LogP contribution in [0.3, 0.4) is 0 Å². The van der Waals surface area contributed by atoms with Crippen LogP contribution in [0.4, 0.5) is 13.2 Å². The van der Waals surface area contributed by atoms with E-state index in [9.17, 15) is 27.6 Å². The minimum Gasteiger partial charge on any atom is -0.461 e. The highest BCUT2D eigenvalue weighted by molar-refractivity contribution is 6.25. The fraction of sp³-hybridized carbons (Fsp3) is 0.208. The molecule has 0 saturated heterocycles. The summed E-state index contributed by atoms with van der Waals surface area (Å²) in [5.74, 6) is -1.46. The molecule has 0 radical (unpaired) electrons. The highest BCUT2D eigenvalue weighted by Gasteiger charge is 2.32. The van der Waals surface area contributed by atoms with E-state index >= 15 is 0 Å². The van der Waals surface area contributed by atoms with Gasteiger partial charge in [-0.05, 0) is 41.6 Å². The third-order valence-electron chi connectivity index (χ3n) is 5.27. The molecule has 3 aromatic carbocycles. The van der Waals surface area contributed by atoms with E-state index in [4.69, 9.17) is 4.74 Å². The van der Waals surface area contributed by atoms with Crippen molar-refractivity contribution in [3.05, 3.63) is 82.9 Å². The van der Waals surface area contributed by atoms with Crippen molar-refractivity contribution in [2.75, 3.05) is 6.54 Å². The summed E-state index contributed by atoms with van der Waals surface area (Å²) in [7, 11) is 0. The molecular weight excluding hydrogens is 423 g/mol. The van der Waals surface area contributed by atoms with Gasteiger partial charge in [0.05, 0.1) is 5.56 Å². The number of hydrogen-bond donors (Lipinski definition) is 0. The second-order valence-electron chi connectivity index (χ2n) is 7.43. The third-order valence-corrected chi connectivity index (χ3v) is 5.27. The molecule has 1 heterocycles. The Morgan fingerprint density at radius 1 is 0.906 bits per heavy atom. The zero-order chi connectivity index (χ0) is 22.9. The average Bonchev–Trinajstić information content (AvgIpc) is 2.78. The zero-order valence-electron chi connectivity index (χ0n) is 16.8. The van der Waals surface area contributed by atoms with Gasteiger partial charge in [0.2, 0.25) is 0 Å². The summed E-state index contributed by atoms with van der Waals surface area (Å²) >= 11 is 0. The van der Waals surface area contributed by atoms with Gasteiger partial charge in [0.1, 0.15) is 6.61 Å². The maximum absolute atomic E-state index is 12.8. The Morgan fingerprint density at radius 3 is 2.16 bits per heavy atom. The molecule has 0 fully saturated rings. The lowest BCUT2D eigenvalue weighted by atomic mass is 9.94. The summed E-state index contributed by atoms with van der Waals surface area (Å²) in [5, 5.41) is 1.43. The second kappa shape index (κ2) is 8.45. The van der Waals surface area contributed by atoms with Crippen molar-refractivity contribution in [1.82, 2.24) is 4.90 Å². The summed E-state index contributed by atoms with van der Waals surface area (Å²) in [5.41, 5.74) is 0.275. The summed E-state index contributed by atoms with van der Waals surface area (Å²) < 4.78 is 43.4. The van der Waals surface area contributed by atoms with Crippen molar-refractivity contribution in [2.45, 2.75) is 25.6 Å². The fourth-order valence-corrected chi connectivity index (χ4v) is 3.74. The molecule has 32 heavy (non-hydrogen) atoms. The highest BCUT2D eigenvalue weighted by Crippen LogP contribution is 2.31.